The van der Waals surface area contributed by atoms with Gasteiger partial charge in [0.15, 0.2) is 0 Å². The van der Waals surface area contributed by atoms with E-state index in [-0.39, 0.29) is 0 Å². The van der Waals surface area contributed by atoms with E-state index in [1.807, 2.05) is 0 Å². The predicted molar refractivity (Wildman–Crippen MR) is 86.6 cm³/mol. The van der Waals surface area contributed by atoms with Gasteiger partial charge in [0, 0.05) is 25.7 Å². The Morgan fingerprint density at radius 2 is 2.00 bits per heavy atom. The quantitative estimate of drug-likeness (QED) is 0.851. The van der Waals surface area contributed by atoms with E-state index < -0.39 is 0 Å². The molecule has 0 spiro atoms. The molecule has 0 aliphatic carbocycles. The van der Waals surface area contributed by atoms with Crippen molar-refractivity contribution in [1.82, 2.24) is 10.2 Å². The topological polar surface area (TPSA) is 15.3 Å². The van der Waals surface area contributed by atoms with Crippen LogP contribution >= 0.6 is 0 Å². The van der Waals surface area contributed by atoms with Crippen LogP contribution in [0.25, 0.3) is 0 Å². The highest BCUT2D eigenvalue weighted by Gasteiger charge is 2.25. The first-order valence-corrected chi connectivity index (χ1v) is 8.07. The smallest absolute Gasteiger partial charge is 0.0236 e. The maximum Gasteiger partial charge on any atom is 0.0236 e. The van der Waals surface area contributed by atoms with Gasteiger partial charge in [-0.25, -0.2) is 0 Å². The van der Waals surface area contributed by atoms with E-state index in [0.29, 0.717) is 5.92 Å². The molecular weight excluding hydrogens is 244 g/mol. The Morgan fingerprint density at radius 3 is 2.65 bits per heavy atom. The molecule has 2 rings (SSSR count). The molecule has 2 atom stereocenters. The first-order chi connectivity index (χ1) is 9.54. The monoisotopic (exact) mass is 274 g/mol. The van der Waals surface area contributed by atoms with E-state index in [2.05, 4.69) is 62.2 Å². The van der Waals surface area contributed by atoms with Crippen molar-refractivity contribution < 1.29 is 0 Å². The van der Waals surface area contributed by atoms with Gasteiger partial charge in [0.25, 0.3) is 0 Å². The molecule has 0 radical (unpaired) electrons. The zero-order chi connectivity index (χ0) is 14.5. The van der Waals surface area contributed by atoms with Gasteiger partial charge in [-0.05, 0) is 42.9 Å². The van der Waals surface area contributed by atoms with E-state index in [0.717, 1.165) is 31.6 Å². The zero-order valence-corrected chi connectivity index (χ0v) is 13.5. The maximum absolute atomic E-state index is 3.52. The van der Waals surface area contributed by atoms with Gasteiger partial charge in [-0.2, -0.15) is 0 Å². The molecule has 0 saturated carbocycles. The standard InChI is InChI=1S/C18H30N2/c1-14(2)10-19-11-17-6-5-7-18(9-17)13-20-12-15(3)8-16(20)4/h5-7,9,14-16,19H,8,10-13H2,1-4H3. The molecule has 1 aliphatic heterocycles. The average Bonchev–Trinajstić information content (AvgIpc) is 2.68. The van der Waals surface area contributed by atoms with Gasteiger partial charge < -0.3 is 5.32 Å². The third-order valence-electron chi connectivity index (χ3n) is 4.17. The molecule has 1 saturated heterocycles. The van der Waals surface area contributed by atoms with Gasteiger partial charge in [0.05, 0.1) is 0 Å². The Morgan fingerprint density at radius 1 is 1.25 bits per heavy atom. The van der Waals surface area contributed by atoms with Crippen molar-refractivity contribution in [1.29, 1.82) is 0 Å². The van der Waals surface area contributed by atoms with Crippen LogP contribution in [0.4, 0.5) is 0 Å². The summed E-state index contributed by atoms with van der Waals surface area (Å²) in [6, 6.07) is 9.79. The second kappa shape index (κ2) is 7.24. The maximum atomic E-state index is 3.52. The van der Waals surface area contributed by atoms with Gasteiger partial charge in [-0.3, -0.25) is 4.90 Å². The summed E-state index contributed by atoms with van der Waals surface area (Å²) in [5, 5.41) is 3.52. The highest BCUT2D eigenvalue weighted by molar-refractivity contribution is 5.23. The van der Waals surface area contributed by atoms with Crippen LogP contribution in [0.5, 0.6) is 0 Å². The summed E-state index contributed by atoms with van der Waals surface area (Å²) in [5.41, 5.74) is 2.86. The van der Waals surface area contributed by atoms with E-state index in [9.17, 15) is 0 Å². The predicted octanol–water partition coefficient (Wildman–Crippen LogP) is 3.66. The number of nitrogens with zero attached hydrogens (tertiary/aromatic N) is 1. The summed E-state index contributed by atoms with van der Waals surface area (Å²) >= 11 is 0. The Kier molecular flexibility index (Phi) is 5.62. The van der Waals surface area contributed by atoms with Gasteiger partial charge in [0.1, 0.15) is 0 Å². The van der Waals surface area contributed by atoms with Crippen LogP contribution in [0.3, 0.4) is 0 Å². The van der Waals surface area contributed by atoms with E-state index in [1.165, 1.54) is 24.1 Å². The minimum absolute atomic E-state index is 0.713. The van der Waals surface area contributed by atoms with E-state index in [1.54, 1.807) is 0 Å². The third kappa shape index (κ3) is 4.60. The minimum Gasteiger partial charge on any atom is -0.312 e. The van der Waals surface area contributed by atoms with Crippen molar-refractivity contribution in [2.75, 3.05) is 13.1 Å². The largest absolute Gasteiger partial charge is 0.312 e. The summed E-state index contributed by atoms with van der Waals surface area (Å²) < 4.78 is 0. The third-order valence-corrected chi connectivity index (χ3v) is 4.17. The molecule has 0 aromatic heterocycles. The molecule has 1 N–H and O–H groups in total. The molecule has 20 heavy (non-hydrogen) atoms. The van der Waals surface area contributed by atoms with Crippen LogP contribution < -0.4 is 5.32 Å². The van der Waals surface area contributed by atoms with E-state index in [4.69, 9.17) is 0 Å². The Labute approximate surface area is 124 Å². The lowest BCUT2D eigenvalue weighted by Crippen LogP contribution is -2.26. The molecule has 2 heteroatoms. The van der Waals surface area contributed by atoms with Crippen LogP contribution in [0.15, 0.2) is 24.3 Å². The normalized spacial score (nSPS) is 23.6. The second-order valence-corrected chi connectivity index (χ2v) is 6.96. The molecule has 2 unspecified atom stereocenters. The summed E-state index contributed by atoms with van der Waals surface area (Å²) in [6.45, 7) is 13.6. The number of benzene rings is 1. The molecular formula is C18H30N2. The van der Waals surface area contributed by atoms with Crippen molar-refractivity contribution in [2.24, 2.45) is 11.8 Å². The Hall–Kier alpha value is -0.860. The van der Waals surface area contributed by atoms with Crippen LogP contribution in [0.1, 0.15) is 45.2 Å². The van der Waals surface area contributed by atoms with Gasteiger partial charge in [0.2, 0.25) is 0 Å². The minimum atomic E-state index is 0.713. The lowest BCUT2D eigenvalue weighted by Gasteiger charge is -2.21. The van der Waals surface area contributed by atoms with Gasteiger partial charge >= 0.3 is 0 Å². The van der Waals surface area contributed by atoms with Crippen LogP contribution in [0.2, 0.25) is 0 Å². The fraction of sp³-hybridized carbons (Fsp3) is 0.667. The highest BCUT2D eigenvalue weighted by atomic mass is 15.2. The molecule has 2 nitrogen and oxygen atoms in total. The van der Waals surface area contributed by atoms with E-state index >= 15 is 0 Å². The summed E-state index contributed by atoms with van der Waals surface area (Å²) in [7, 11) is 0. The van der Waals surface area contributed by atoms with Crippen molar-refractivity contribution in [3.05, 3.63) is 35.4 Å². The molecule has 1 heterocycles. The molecule has 0 amide bonds. The summed E-state index contributed by atoms with van der Waals surface area (Å²) in [6.07, 6.45) is 1.34. The molecule has 1 fully saturated rings. The summed E-state index contributed by atoms with van der Waals surface area (Å²) in [4.78, 5) is 2.62. The van der Waals surface area contributed by atoms with Crippen molar-refractivity contribution in [3.8, 4) is 0 Å². The first-order valence-electron chi connectivity index (χ1n) is 8.07. The molecule has 1 aromatic carbocycles. The molecule has 112 valence electrons. The lowest BCUT2D eigenvalue weighted by molar-refractivity contribution is 0.256. The lowest BCUT2D eigenvalue weighted by atomic mass is 10.1. The molecule has 1 aromatic rings. The number of hydrogen-bond donors (Lipinski definition) is 1. The molecule has 0 bridgehead atoms. The Balaban J connectivity index is 1.89. The van der Waals surface area contributed by atoms with Gasteiger partial charge in [-0.15, -0.1) is 0 Å². The van der Waals surface area contributed by atoms with Gasteiger partial charge in [-0.1, -0.05) is 45.0 Å². The Bertz CT molecular complexity index is 414. The zero-order valence-electron chi connectivity index (χ0n) is 13.5. The fourth-order valence-corrected chi connectivity index (χ4v) is 3.18. The number of rotatable bonds is 6. The van der Waals surface area contributed by atoms with Crippen molar-refractivity contribution in [2.45, 2.75) is 53.2 Å². The fourth-order valence-electron chi connectivity index (χ4n) is 3.18. The van der Waals surface area contributed by atoms with Crippen LogP contribution in [0, 0.1) is 11.8 Å². The first kappa shape index (κ1) is 15.5. The summed E-state index contributed by atoms with van der Waals surface area (Å²) in [5.74, 6) is 1.56. The van der Waals surface area contributed by atoms with Crippen LogP contribution in [-0.2, 0) is 13.1 Å². The average molecular weight is 274 g/mol. The number of hydrogen-bond acceptors (Lipinski definition) is 2. The number of nitrogens with one attached hydrogen (secondary N) is 1. The van der Waals surface area contributed by atoms with Crippen LogP contribution in [-0.4, -0.2) is 24.0 Å². The highest BCUT2D eigenvalue weighted by Crippen LogP contribution is 2.24. The van der Waals surface area contributed by atoms with Crippen molar-refractivity contribution in [3.63, 3.8) is 0 Å². The molecule has 1 aliphatic rings. The second-order valence-electron chi connectivity index (χ2n) is 6.96. The number of likely N-dealkylation sites (tertiary alicyclic amines) is 1. The SMILES string of the molecule is CC(C)CNCc1cccc(CN2CC(C)CC2C)c1. The van der Waals surface area contributed by atoms with Crippen molar-refractivity contribution >= 4 is 0 Å².